The van der Waals surface area contributed by atoms with E-state index in [0.717, 1.165) is 19.0 Å². The van der Waals surface area contributed by atoms with E-state index in [1.54, 1.807) is 42.5 Å². The van der Waals surface area contributed by atoms with E-state index in [2.05, 4.69) is 27.9 Å². The largest absolute Gasteiger partial charge is 0.324 e. The molecule has 0 radical (unpaired) electrons. The predicted octanol–water partition coefficient (Wildman–Crippen LogP) is 5.40. The van der Waals surface area contributed by atoms with Gasteiger partial charge in [0.25, 0.3) is 10.0 Å². The number of amides is 1. The first-order valence-corrected chi connectivity index (χ1v) is 12.0. The molecular weight excluding hydrogens is 535 g/mol. The molecule has 8 heteroatoms. The Hall–Kier alpha value is -2.10. The van der Waals surface area contributed by atoms with E-state index in [9.17, 15) is 13.2 Å². The van der Waals surface area contributed by atoms with Gasteiger partial charge in [-0.2, -0.15) is 0 Å². The Kier molecular flexibility index (Phi) is 7.05. The van der Waals surface area contributed by atoms with Crippen molar-refractivity contribution in [1.82, 2.24) is 0 Å². The molecule has 0 heterocycles. The van der Waals surface area contributed by atoms with Crippen LogP contribution in [0.2, 0.25) is 5.02 Å². The predicted molar refractivity (Wildman–Crippen MR) is 130 cm³/mol. The maximum absolute atomic E-state index is 13.4. The van der Waals surface area contributed by atoms with Crippen LogP contribution in [0, 0.1) is 17.4 Å². The first kappa shape index (κ1) is 22.6. The summed E-state index contributed by atoms with van der Waals surface area (Å²) >= 11 is 8.48. The maximum atomic E-state index is 13.4. The Morgan fingerprint density at radius 1 is 1.03 bits per heavy atom. The van der Waals surface area contributed by atoms with Crippen molar-refractivity contribution in [2.75, 3.05) is 16.2 Å². The number of halogens is 2. The summed E-state index contributed by atoms with van der Waals surface area (Å²) < 4.78 is 28.8. The Labute approximate surface area is 195 Å². The third kappa shape index (κ3) is 5.14. The number of sulfonamides is 1. The van der Waals surface area contributed by atoms with Gasteiger partial charge in [0.2, 0.25) is 5.91 Å². The Morgan fingerprint density at radius 2 is 1.70 bits per heavy atom. The minimum Gasteiger partial charge on any atom is -0.324 e. The van der Waals surface area contributed by atoms with Gasteiger partial charge in [-0.05, 0) is 84.5 Å². The zero-order valence-corrected chi connectivity index (χ0v) is 20.1. The number of nitrogens with one attached hydrogen (secondary N) is 1. The monoisotopic (exact) mass is 554 g/mol. The average Bonchev–Trinajstić information content (AvgIpc) is 2.69. The molecule has 0 saturated heterocycles. The molecule has 1 amide bonds. The first-order valence-electron chi connectivity index (χ1n) is 9.08. The summed E-state index contributed by atoms with van der Waals surface area (Å²) in [6.45, 7) is 3.34. The molecule has 0 saturated carbocycles. The van der Waals surface area contributed by atoms with Gasteiger partial charge >= 0.3 is 0 Å². The number of rotatable bonds is 6. The molecule has 0 aromatic heterocycles. The lowest BCUT2D eigenvalue weighted by molar-refractivity contribution is -0.114. The average molecular weight is 555 g/mol. The van der Waals surface area contributed by atoms with Gasteiger partial charge in [0, 0.05) is 9.26 Å². The number of benzene rings is 3. The quantitative estimate of drug-likeness (QED) is 0.415. The van der Waals surface area contributed by atoms with Crippen LogP contribution in [0.15, 0.2) is 71.6 Å². The third-order valence-corrected chi connectivity index (χ3v) is 7.24. The van der Waals surface area contributed by atoms with Crippen molar-refractivity contribution in [2.24, 2.45) is 0 Å². The van der Waals surface area contributed by atoms with Crippen LogP contribution in [0.4, 0.5) is 11.4 Å². The van der Waals surface area contributed by atoms with Gasteiger partial charge in [-0.15, -0.1) is 0 Å². The molecule has 1 N–H and O–H groups in total. The molecule has 30 heavy (non-hydrogen) atoms. The summed E-state index contributed by atoms with van der Waals surface area (Å²) in [4.78, 5) is 12.9. The minimum absolute atomic E-state index is 0.0891. The van der Waals surface area contributed by atoms with Gasteiger partial charge in [0.05, 0.1) is 15.6 Å². The Balaban J connectivity index is 1.97. The third-order valence-electron chi connectivity index (χ3n) is 4.48. The highest BCUT2D eigenvalue weighted by Crippen LogP contribution is 2.30. The summed E-state index contributed by atoms with van der Waals surface area (Å²) in [7, 11) is -4.01. The normalized spacial score (nSPS) is 11.2. The smallest absolute Gasteiger partial charge is 0.264 e. The van der Waals surface area contributed by atoms with Crippen molar-refractivity contribution in [1.29, 1.82) is 0 Å². The van der Waals surface area contributed by atoms with Gasteiger partial charge in [0.15, 0.2) is 0 Å². The van der Waals surface area contributed by atoms with Gasteiger partial charge in [-0.1, -0.05) is 41.4 Å². The van der Waals surface area contributed by atoms with Gasteiger partial charge < -0.3 is 5.32 Å². The van der Waals surface area contributed by atoms with Gasteiger partial charge in [-0.3, -0.25) is 9.10 Å². The van der Waals surface area contributed by atoms with Crippen LogP contribution in [0.25, 0.3) is 0 Å². The molecule has 5 nitrogen and oxygen atoms in total. The number of nitrogens with zero attached hydrogens (tertiary/aromatic N) is 1. The highest BCUT2D eigenvalue weighted by Gasteiger charge is 2.28. The number of para-hydroxylation sites is 1. The molecule has 0 fully saturated rings. The van der Waals surface area contributed by atoms with E-state index in [-0.39, 0.29) is 15.6 Å². The second-order valence-electron chi connectivity index (χ2n) is 6.78. The Morgan fingerprint density at radius 3 is 2.33 bits per heavy atom. The van der Waals surface area contributed by atoms with Crippen LogP contribution in [0.5, 0.6) is 0 Å². The molecule has 156 valence electrons. The molecule has 0 aliphatic heterocycles. The molecule has 0 atom stereocenters. The molecule has 0 spiro atoms. The molecule has 3 aromatic rings. The van der Waals surface area contributed by atoms with E-state index in [1.807, 2.05) is 26.0 Å². The fraction of sp³-hybridized carbons (Fsp3) is 0.136. The standard InChI is InChI=1S/C22H20ClIN2O3S/c1-15-7-10-18(11-8-15)30(28,29)26(21-6-4-3-5-19(21)23)14-22(27)25-20-12-9-17(24)13-16(20)2/h3-13H,14H2,1-2H3,(H,25,27). The number of hydrogen-bond donors (Lipinski definition) is 1. The molecule has 3 aromatic carbocycles. The molecule has 0 aliphatic carbocycles. The summed E-state index contributed by atoms with van der Waals surface area (Å²) in [6.07, 6.45) is 0. The summed E-state index contributed by atoms with van der Waals surface area (Å²) in [5.41, 5.74) is 2.70. The topological polar surface area (TPSA) is 66.5 Å². The molecule has 0 aliphatic rings. The van der Waals surface area contributed by atoms with Crippen LogP contribution in [0.3, 0.4) is 0 Å². The highest BCUT2D eigenvalue weighted by atomic mass is 127. The summed E-state index contributed by atoms with van der Waals surface area (Å²) in [5.74, 6) is -0.463. The SMILES string of the molecule is Cc1ccc(S(=O)(=O)N(CC(=O)Nc2ccc(I)cc2C)c2ccccc2Cl)cc1. The molecule has 3 rings (SSSR count). The zero-order chi connectivity index (χ0) is 21.9. The Bertz CT molecular complexity index is 1180. The summed E-state index contributed by atoms with van der Waals surface area (Å²) in [6, 6.07) is 18.6. The first-order chi connectivity index (χ1) is 14.2. The lowest BCUT2D eigenvalue weighted by Crippen LogP contribution is -2.38. The van der Waals surface area contributed by atoms with E-state index in [0.29, 0.717) is 5.69 Å². The maximum Gasteiger partial charge on any atom is 0.264 e. The second-order valence-corrected chi connectivity index (χ2v) is 10.3. The van der Waals surface area contributed by atoms with Gasteiger partial charge in [-0.25, -0.2) is 8.42 Å². The minimum atomic E-state index is -4.01. The molecule has 0 unspecified atom stereocenters. The van der Waals surface area contributed by atoms with Crippen LogP contribution < -0.4 is 9.62 Å². The van der Waals surface area contributed by atoms with Gasteiger partial charge in [0.1, 0.15) is 6.54 Å². The number of hydrogen-bond acceptors (Lipinski definition) is 3. The lowest BCUT2D eigenvalue weighted by atomic mass is 10.2. The fourth-order valence-electron chi connectivity index (χ4n) is 2.88. The van der Waals surface area contributed by atoms with Crippen LogP contribution in [0.1, 0.15) is 11.1 Å². The van der Waals surface area contributed by atoms with E-state index < -0.39 is 22.5 Å². The van der Waals surface area contributed by atoms with E-state index in [4.69, 9.17) is 11.6 Å². The number of aryl methyl sites for hydroxylation is 2. The number of carbonyl (C=O) groups is 1. The van der Waals surface area contributed by atoms with E-state index >= 15 is 0 Å². The molecule has 0 bridgehead atoms. The summed E-state index contributed by atoms with van der Waals surface area (Å²) in [5, 5.41) is 3.04. The molecular formula is C22H20ClIN2O3S. The van der Waals surface area contributed by atoms with Crippen LogP contribution >= 0.6 is 34.2 Å². The van der Waals surface area contributed by atoms with Crippen molar-refractivity contribution in [3.63, 3.8) is 0 Å². The van der Waals surface area contributed by atoms with Crippen molar-refractivity contribution < 1.29 is 13.2 Å². The highest BCUT2D eigenvalue weighted by molar-refractivity contribution is 14.1. The van der Waals surface area contributed by atoms with Crippen molar-refractivity contribution in [2.45, 2.75) is 18.7 Å². The zero-order valence-electron chi connectivity index (χ0n) is 16.4. The van der Waals surface area contributed by atoms with Crippen molar-refractivity contribution >= 4 is 61.5 Å². The second kappa shape index (κ2) is 9.36. The van der Waals surface area contributed by atoms with Crippen molar-refractivity contribution in [3.05, 3.63) is 86.4 Å². The number of carbonyl (C=O) groups excluding carboxylic acids is 1. The fourth-order valence-corrected chi connectivity index (χ4v) is 5.25. The number of anilines is 2. The van der Waals surface area contributed by atoms with Crippen LogP contribution in [-0.2, 0) is 14.8 Å². The lowest BCUT2D eigenvalue weighted by Gasteiger charge is -2.25. The van der Waals surface area contributed by atoms with Crippen molar-refractivity contribution in [3.8, 4) is 0 Å². The van der Waals surface area contributed by atoms with E-state index in [1.165, 1.54) is 12.1 Å². The van der Waals surface area contributed by atoms with Crippen LogP contribution in [-0.4, -0.2) is 20.9 Å².